The smallest absolute Gasteiger partial charge is 0.357 e. The van der Waals surface area contributed by atoms with E-state index in [1.807, 2.05) is 0 Å². The lowest BCUT2D eigenvalue weighted by Crippen LogP contribution is -2.71. The summed E-state index contributed by atoms with van der Waals surface area (Å²) in [6.45, 7) is -0.650. The largest absolute Gasteiger partial charge is 0.424 e. The summed E-state index contributed by atoms with van der Waals surface area (Å²) in [5.41, 5.74) is 6.70. The molecule has 5 rings (SSSR count). The Hall–Kier alpha value is -4.00. The van der Waals surface area contributed by atoms with Crippen LogP contribution in [0.25, 0.3) is 0 Å². The SMILES string of the molecule is CO/N=C(\C(=O)N[C@@H]1C(=O)N2C(C(=O)OCOC(=O)c3ccccc3)=C(CSc3cnns3)CS[C@@H]12)c1csc(N)n1. The van der Waals surface area contributed by atoms with Crippen LogP contribution in [0.15, 0.2) is 62.5 Å². The number of oxime groups is 1. The molecule has 1 aromatic carbocycles. The number of thioether (sulfide) groups is 2. The van der Waals surface area contributed by atoms with Crippen LogP contribution in [0.5, 0.6) is 0 Å². The van der Waals surface area contributed by atoms with Gasteiger partial charge in [0.2, 0.25) is 6.79 Å². The molecule has 218 valence electrons. The molecule has 4 heterocycles. The highest BCUT2D eigenvalue weighted by Gasteiger charge is 2.54. The topological polar surface area (TPSA) is 188 Å². The van der Waals surface area contributed by atoms with Gasteiger partial charge in [-0.1, -0.05) is 27.8 Å². The normalized spacial score (nSPS) is 18.2. The highest BCUT2D eigenvalue weighted by Crippen LogP contribution is 2.42. The summed E-state index contributed by atoms with van der Waals surface area (Å²) in [5.74, 6) is -1.99. The number of aromatic nitrogens is 3. The van der Waals surface area contributed by atoms with Gasteiger partial charge in [-0.25, -0.2) is 14.6 Å². The second kappa shape index (κ2) is 13.3. The molecule has 2 aliphatic heterocycles. The first-order valence-electron chi connectivity index (χ1n) is 12.0. The number of anilines is 1. The van der Waals surface area contributed by atoms with Gasteiger partial charge in [-0.05, 0) is 29.2 Å². The zero-order valence-electron chi connectivity index (χ0n) is 21.6. The zero-order valence-corrected chi connectivity index (χ0v) is 24.9. The number of amides is 2. The third-order valence-electron chi connectivity index (χ3n) is 5.81. The van der Waals surface area contributed by atoms with Gasteiger partial charge in [-0.15, -0.1) is 40.0 Å². The van der Waals surface area contributed by atoms with E-state index < -0.39 is 42.0 Å². The van der Waals surface area contributed by atoms with Gasteiger partial charge in [0.25, 0.3) is 11.8 Å². The quantitative estimate of drug-likeness (QED) is 0.0765. The Labute approximate surface area is 254 Å². The van der Waals surface area contributed by atoms with Crippen molar-refractivity contribution in [1.82, 2.24) is 24.8 Å². The van der Waals surface area contributed by atoms with Crippen LogP contribution >= 0.6 is 46.4 Å². The molecule has 2 aliphatic rings. The maximum atomic E-state index is 13.4. The summed E-state index contributed by atoms with van der Waals surface area (Å²) in [6.07, 6.45) is 1.60. The van der Waals surface area contributed by atoms with E-state index in [0.717, 1.165) is 15.5 Å². The minimum absolute atomic E-state index is 0.0352. The van der Waals surface area contributed by atoms with Gasteiger partial charge in [-0.3, -0.25) is 14.5 Å². The van der Waals surface area contributed by atoms with Crippen molar-refractivity contribution < 1.29 is 33.5 Å². The minimum atomic E-state index is -0.959. The number of hydrogen-bond acceptors (Lipinski definition) is 16. The second-order valence-corrected chi connectivity index (χ2v) is 12.4. The molecule has 2 amide bonds. The maximum Gasteiger partial charge on any atom is 0.357 e. The number of ether oxygens (including phenoxy) is 2. The number of carbonyl (C=O) groups excluding carboxylic acids is 4. The van der Waals surface area contributed by atoms with Crippen molar-refractivity contribution in [3.05, 3.63) is 64.4 Å². The van der Waals surface area contributed by atoms with Gasteiger partial charge in [0.15, 0.2) is 10.8 Å². The number of benzene rings is 1. The fourth-order valence-electron chi connectivity index (χ4n) is 3.93. The van der Waals surface area contributed by atoms with Gasteiger partial charge in [-0.2, -0.15) is 0 Å². The maximum absolute atomic E-state index is 13.4. The van der Waals surface area contributed by atoms with Crippen LogP contribution in [0, 0.1) is 0 Å². The number of rotatable bonds is 11. The number of nitrogen functional groups attached to an aromatic ring is 1. The number of nitrogens with two attached hydrogens (primary N) is 1. The van der Waals surface area contributed by atoms with Gasteiger partial charge in [0.1, 0.15) is 34.1 Å². The monoisotopic (exact) mass is 647 g/mol. The van der Waals surface area contributed by atoms with Crippen LogP contribution < -0.4 is 11.1 Å². The molecular weight excluding hydrogens is 627 g/mol. The minimum Gasteiger partial charge on any atom is -0.424 e. The standard InChI is InChI=1S/C24H21N7O7S4/c1-36-29-16(14-10-41-24(25)27-14)19(32)28-17-20(33)31-18(13(9-40-21(17)31)8-39-15-7-26-30-42-15)23(35)38-11-37-22(34)12-5-3-2-4-6-12/h2-7,10,17,21H,8-9,11H2,1H3,(H2,25,27)(H,28,32)/b29-16-/t17-,21+/m1/s1. The molecule has 18 heteroatoms. The lowest BCUT2D eigenvalue weighted by Gasteiger charge is -2.49. The van der Waals surface area contributed by atoms with Crippen molar-refractivity contribution in [2.24, 2.45) is 5.16 Å². The van der Waals surface area contributed by atoms with E-state index in [-0.39, 0.29) is 22.2 Å². The van der Waals surface area contributed by atoms with Gasteiger partial charge in [0.05, 0.1) is 11.8 Å². The number of esters is 2. The van der Waals surface area contributed by atoms with Crippen molar-refractivity contribution >= 4 is 81.0 Å². The highest BCUT2D eigenvalue weighted by molar-refractivity contribution is 8.01. The predicted octanol–water partition coefficient (Wildman–Crippen LogP) is 1.73. The summed E-state index contributed by atoms with van der Waals surface area (Å²) >= 11 is 5.11. The third kappa shape index (κ3) is 6.40. The Balaban J connectivity index is 1.30. The van der Waals surface area contributed by atoms with Crippen molar-refractivity contribution in [1.29, 1.82) is 0 Å². The van der Waals surface area contributed by atoms with Crippen LogP contribution in [0.4, 0.5) is 5.13 Å². The molecule has 2 atom stereocenters. The van der Waals surface area contributed by atoms with E-state index in [9.17, 15) is 19.2 Å². The molecule has 0 bridgehead atoms. The summed E-state index contributed by atoms with van der Waals surface area (Å²) in [7, 11) is 1.28. The first kappa shape index (κ1) is 29.5. The van der Waals surface area contributed by atoms with E-state index in [1.165, 1.54) is 47.1 Å². The first-order valence-corrected chi connectivity index (χ1v) is 15.7. The summed E-state index contributed by atoms with van der Waals surface area (Å²) in [5, 5.41) is 11.4. The number of nitrogens with zero attached hydrogens (tertiary/aromatic N) is 5. The number of fused-ring (bicyclic) bond motifs is 1. The summed E-state index contributed by atoms with van der Waals surface area (Å²) in [6, 6.07) is 7.28. The first-order chi connectivity index (χ1) is 20.4. The van der Waals surface area contributed by atoms with E-state index in [4.69, 9.17) is 20.0 Å². The molecule has 3 N–H and O–H groups in total. The molecule has 0 radical (unpaired) electrons. The Bertz CT molecular complexity index is 1550. The predicted molar refractivity (Wildman–Crippen MR) is 156 cm³/mol. The molecule has 2 aromatic heterocycles. The van der Waals surface area contributed by atoms with Gasteiger partial charge in [0, 0.05) is 16.9 Å². The summed E-state index contributed by atoms with van der Waals surface area (Å²) in [4.78, 5) is 62.1. The van der Waals surface area contributed by atoms with Crippen LogP contribution in [-0.2, 0) is 28.7 Å². The van der Waals surface area contributed by atoms with Crippen LogP contribution in [0.1, 0.15) is 16.1 Å². The van der Waals surface area contributed by atoms with Crippen molar-refractivity contribution in [2.75, 3.05) is 31.1 Å². The lowest BCUT2D eigenvalue weighted by molar-refractivity contribution is -0.157. The van der Waals surface area contributed by atoms with Crippen molar-refractivity contribution in [3.8, 4) is 0 Å². The fourth-order valence-corrected chi connectivity index (χ4v) is 7.38. The van der Waals surface area contributed by atoms with E-state index >= 15 is 0 Å². The molecule has 14 nitrogen and oxygen atoms in total. The molecule has 1 saturated heterocycles. The number of thiazole rings is 1. The number of hydrogen-bond donors (Lipinski definition) is 2. The Morgan fingerprint density at radius 3 is 2.69 bits per heavy atom. The van der Waals surface area contributed by atoms with Crippen LogP contribution in [0.2, 0.25) is 0 Å². The zero-order chi connectivity index (χ0) is 29.6. The summed E-state index contributed by atoms with van der Waals surface area (Å²) < 4.78 is 15.0. The Morgan fingerprint density at radius 2 is 2.00 bits per heavy atom. The third-order valence-corrected chi connectivity index (χ3v) is 9.74. The molecule has 0 unspecified atom stereocenters. The van der Waals surface area contributed by atoms with Crippen molar-refractivity contribution in [2.45, 2.75) is 15.6 Å². The van der Waals surface area contributed by atoms with E-state index in [2.05, 4.69) is 25.0 Å². The number of nitrogens with one attached hydrogen (secondary N) is 1. The van der Waals surface area contributed by atoms with Gasteiger partial charge >= 0.3 is 11.9 Å². The van der Waals surface area contributed by atoms with E-state index in [0.29, 0.717) is 22.6 Å². The second-order valence-electron chi connectivity index (χ2n) is 8.38. The molecular formula is C24H21N7O7S4. The molecule has 42 heavy (non-hydrogen) atoms. The molecule has 3 aromatic rings. The number of carbonyl (C=O) groups is 4. The molecule has 0 spiro atoms. The average molecular weight is 648 g/mol. The van der Waals surface area contributed by atoms with E-state index in [1.54, 1.807) is 41.9 Å². The number of β-lactam (4-membered cyclic amide) rings is 1. The van der Waals surface area contributed by atoms with Gasteiger partial charge < -0.3 is 25.4 Å². The Morgan fingerprint density at radius 1 is 1.21 bits per heavy atom. The molecule has 0 saturated carbocycles. The molecule has 0 aliphatic carbocycles. The fraction of sp³-hybridized carbons (Fsp3) is 0.250. The van der Waals surface area contributed by atoms with Crippen LogP contribution in [-0.4, -0.2) is 85.8 Å². The Kier molecular flexibility index (Phi) is 9.35. The van der Waals surface area contributed by atoms with Crippen molar-refractivity contribution in [3.63, 3.8) is 0 Å². The lowest BCUT2D eigenvalue weighted by atomic mass is 10.0. The molecule has 1 fully saturated rings. The van der Waals surface area contributed by atoms with Crippen LogP contribution in [0.3, 0.4) is 0 Å². The highest BCUT2D eigenvalue weighted by atomic mass is 32.2. The average Bonchev–Trinajstić information content (AvgIpc) is 3.69.